The summed E-state index contributed by atoms with van der Waals surface area (Å²) < 4.78 is 26.5. The number of carbonyl (C=O) groups is 1. The van der Waals surface area contributed by atoms with E-state index in [0.29, 0.717) is 5.56 Å². The fourth-order valence-corrected chi connectivity index (χ4v) is 2.04. The number of nitrogens with one attached hydrogen (secondary N) is 2. The summed E-state index contributed by atoms with van der Waals surface area (Å²) in [6.07, 6.45) is 1.61. The molecule has 2 aromatic carbocycles. The number of hydrogen-bond donors (Lipinski definition) is 2. The number of halogens is 2. The van der Waals surface area contributed by atoms with Crippen LogP contribution in [0.5, 0.6) is 0 Å². The Morgan fingerprint density at radius 1 is 1.19 bits per heavy atom. The van der Waals surface area contributed by atoms with Crippen molar-refractivity contribution in [3.8, 4) is 0 Å². The minimum atomic E-state index is -0.554. The van der Waals surface area contributed by atoms with E-state index in [1.165, 1.54) is 0 Å². The molecule has 3 aromatic rings. The molecule has 3 rings (SSSR count). The van der Waals surface area contributed by atoms with Crippen LogP contribution in [0.3, 0.4) is 0 Å². The van der Waals surface area contributed by atoms with E-state index in [1.54, 1.807) is 24.4 Å². The molecule has 0 saturated heterocycles. The van der Waals surface area contributed by atoms with E-state index in [9.17, 15) is 13.6 Å². The highest BCUT2D eigenvalue weighted by atomic mass is 19.1. The number of aromatic nitrogens is 2. The molecule has 2 N–H and O–H groups in total. The van der Waals surface area contributed by atoms with Crippen LogP contribution in [0.2, 0.25) is 0 Å². The van der Waals surface area contributed by atoms with Crippen LogP contribution < -0.4 is 5.32 Å². The summed E-state index contributed by atoms with van der Waals surface area (Å²) in [5.74, 6) is -1.45. The molecule has 21 heavy (non-hydrogen) atoms. The zero-order valence-corrected chi connectivity index (χ0v) is 10.9. The Balaban J connectivity index is 1.75. The summed E-state index contributed by atoms with van der Waals surface area (Å²) in [6, 6.07) is 8.19. The van der Waals surface area contributed by atoms with Crippen LogP contribution in [0.25, 0.3) is 10.9 Å². The van der Waals surface area contributed by atoms with Gasteiger partial charge in [-0.3, -0.25) is 9.89 Å². The molecule has 4 nitrogen and oxygen atoms in total. The van der Waals surface area contributed by atoms with Crippen LogP contribution in [-0.4, -0.2) is 16.1 Å². The van der Waals surface area contributed by atoms with Crippen molar-refractivity contribution in [2.75, 3.05) is 0 Å². The molecule has 106 valence electrons. The third-order valence-corrected chi connectivity index (χ3v) is 3.15. The normalized spacial score (nSPS) is 10.8. The van der Waals surface area contributed by atoms with Gasteiger partial charge in [0.1, 0.15) is 11.6 Å². The molecular formula is C15H11F2N3O. The smallest absolute Gasteiger partial charge is 0.251 e. The van der Waals surface area contributed by atoms with Gasteiger partial charge < -0.3 is 5.32 Å². The standard InChI is InChI=1S/C15H11F2N3O/c16-12-2-3-13(17)10(6-12)7-18-15(21)9-1-4-14-11(5-9)8-19-20-14/h1-6,8H,7H2,(H,18,21)(H,19,20). The van der Waals surface area contributed by atoms with Gasteiger partial charge in [0.15, 0.2) is 0 Å². The van der Waals surface area contributed by atoms with E-state index < -0.39 is 11.6 Å². The lowest BCUT2D eigenvalue weighted by atomic mass is 10.1. The van der Waals surface area contributed by atoms with Crippen LogP contribution in [0.15, 0.2) is 42.6 Å². The molecule has 0 saturated carbocycles. The quantitative estimate of drug-likeness (QED) is 0.778. The molecule has 0 unspecified atom stereocenters. The van der Waals surface area contributed by atoms with Crippen molar-refractivity contribution in [1.82, 2.24) is 15.5 Å². The fraction of sp³-hybridized carbons (Fsp3) is 0.0667. The lowest BCUT2D eigenvalue weighted by molar-refractivity contribution is 0.0950. The highest BCUT2D eigenvalue weighted by molar-refractivity contribution is 5.97. The van der Waals surface area contributed by atoms with Gasteiger partial charge in [0.05, 0.1) is 11.7 Å². The summed E-state index contributed by atoms with van der Waals surface area (Å²) in [4.78, 5) is 12.0. The topological polar surface area (TPSA) is 57.8 Å². The van der Waals surface area contributed by atoms with E-state index >= 15 is 0 Å². The van der Waals surface area contributed by atoms with E-state index in [4.69, 9.17) is 0 Å². The molecule has 0 fully saturated rings. The van der Waals surface area contributed by atoms with Crippen molar-refractivity contribution >= 4 is 16.8 Å². The molecule has 6 heteroatoms. The van der Waals surface area contributed by atoms with E-state index in [2.05, 4.69) is 15.5 Å². The number of amides is 1. The van der Waals surface area contributed by atoms with Crippen LogP contribution in [0.1, 0.15) is 15.9 Å². The average molecular weight is 287 g/mol. The first-order valence-corrected chi connectivity index (χ1v) is 6.29. The lowest BCUT2D eigenvalue weighted by Gasteiger charge is -2.06. The fourth-order valence-electron chi connectivity index (χ4n) is 2.04. The summed E-state index contributed by atoms with van der Waals surface area (Å²) in [7, 11) is 0. The van der Waals surface area contributed by atoms with E-state index in [1.807, 2.05) is 0 Å². The molecule has 0 atom stereocenters. The molecule has 0 bridgehead atoms. The van der Waals surface area contributed by atoms with E-state index in [0.717, 1.165) is 29.1 Å². The van der Waals surface area contributed by atoms with Crippen molar-refractivity contribution in [1.29, 1.82) is 0 Å². The second kappa shape index (κ2) is 5.32. The van der Waals surface area contributed by atoms with Gasteiger partial charge in [0, 0.05) is 23.1 Å². The maximum absolute atomic E-state index is 13.5. The van der Waals surface area contributed by atoms with Gasteiger partial charge in [0.25, 0.3) is 5.91 Å². The van der Waals surface area contributed by atoms with E-state index in [-0.39, 0.29) is 18.0 Å². The summed E-state index contributed by atoms with van der Waals surface area (Å²) >= 11 is 0. The maximum atomic E-state index is 13.5. The minimum Gasteiger partial charge on any atom is -0.348 e. The SMILES string of the molecule is O=C(NCc1cc(F)ccc1F)c1ccc2[nH]ncc2c1. The number of hydrogen-bond acceptors (Lipinski definition) is 2. The number of aromatic amines is 1. The molecule has 1 amide bonds. The van der Waals surface area contributed by atoms with Gasteiger partial charge in [-0.15, -0.1) is 0 Å². The number of rotatable bonds is 3. The van der Waals surface area contributed by atoms with Crippen LogP contribution in [-0.2, 0) is 6.54 Å². The van der Waals surface area contributed by atoms with Gasteiger partial charge in [-0.1, -0.05) is 0 Å². The van der Waals surface area contributed by atoms with Crippen LogP contribution in [0, 0.1) is 11.6 Å². The van der Waals surface area contributed by atoms with Gasteiger partial charge in [0.2, 0.25) is 0 Å². The van der Waals surface area contributed by atoms with Gasteiger partial charge in [-0.25, -0.2) is 8.78 Å². The van der Waals surface area contributed by atoms with Crippen LogP contribution in [0.4, 0.5) is 8.78 Å². The van der Waals surface area contributed by atoms with Crippen molar-refractivity contribution in [2.24, 2.45) is 0 Å². The molecule has 0 aliphatic heterocycles. The van der Waals surface area contributed by atoms with Crippen molar-refractivity contribution in [2.45, 2.75) is 6.54 Å². The second-order valence-electron chi connectivity index (χ2n) is 4.59. The first kappa shape index (κ1) is 13.2. The minimum absolute atomic E-state index is 0.0775. The Labute approximate surface area is 118 Å². The third-order valence-electron chi connectivity index (χ3n) is 3.15. The van der Waals surface area contributed by atoms with Gasteiger partial charge in [-0.2, -0.15) is 5.10 Å². The predicted octanol–water partition coefficient (Wildman–Crippen LogP) is 2.77. The highest BCUT2D eigenvalue weighted by Crippen LogP contribution is 2.13. The Hall–Kier alpha value is -2.76. The lowest BCUT2D eigenvalue weighted by Crippen LogP contribution is -2.23. The van der Waals surface area contributed by atoms with Crippen molar-refractivity contribution in [3.05, 3.63) is 65.4 Å². The zero-order chi connectivity index (χ0) is 14.8. The predicted molar refractivity (Wildman–Crippen MR) is 73.6 cm³/mol. The molecule has 0 aliphatic carbocycles. The third kappa shape index (κ3) is 2.74. The molecule has 1 heterocycles. The molecule has 0 aliphatic rings. The molecule has 0 radical (unpaired) electrons. The second-order valence-corrected chi connectivity index (χ2v) is 4.59. The first-order chi connectivity index (χ1) is 10.1. The number of fused-ring (bicyclic) bond motifs is 1. The number of carbonyl (C=O) groups excluding carboxylic acids is 1. The number of nitrogens with zero attached hydrogens (tertiary/aromatic N) is 1. The highest BCUT2D eigenvalue weighted by Gasteiger charge is 2.09. The number of H-pyrrole nitrogens is 1. The Morgan fingerprint density at radius 3 is 2.90 bits per heavy atom. The van der Waals surface area contributed by atoms with Crippen molar-refractivity contribution in [3.63, 3.8) is 0 Å². The Kier molecular flexibility index (Phi) is 3.35. The molecule has 0 spiro atoms. The van der Waals surface area contributed by atoms with Gasteiger partial charge >= 0.3 is 0 Å². The molecule has 1 aromatic heterocycles. The number of benzene rings is 2. The summed E-state index contributed by atoms with van der Waals surface area (Å²) in [6.45, 7) is -0.0775. The monoisotopic (exact) mass is 287 g/mol. The average Bonchev–Trinajstić information content (AvgIpc) is 2.95. The van der Waals surface area contributed by atoms with Crippen LogP contribution >= 0.6 is 0 Å². The largest absolute Gasteiger partial charge is 0.348 e. The molecular weight excluding hydrogens is 276 g/mol. The summed E-state index contributed by atoms with van der Waals surface area (Å²) in [5.41, 5.74) is 1.36. The first-order valence-electron chi connectivity index (χ1n) is 6.29. The summed E-state index contributed by atoms with van der Waals surface area (Å²) in [5, 5.41) is 10.0. The van der Waals surface area contributed by atoms with Crippen molar-refractivity contribution < 1.29 is 13.6 Å². The zero-order valence-electron chi connectivity index (χ0n) is 10.9. The Morgan fingerprint density at radius 2 is 2.05 bits per heavy atom. The Bertz CT molecular complexity index is 814. The maximum Gasteiger partial charge on any atom is 0.251 e. The van der Waals surface area contributed by atoms with Gasteiger partial charge in [-0.05, 0) is 36.4 Å².